The quantitative estimate of drug-likeness (QED) is 0.659. The van der Waals surface area contributed by atoms with E-state index in [9.17, 15) is 14.4 Å². The first-order valence-corrected chi connectivity index (χ1v) is 9.41. The van der Waals surface area contributed by atoms with Crippen molar-refractivity contribution in [2.24, 2.45) is 0 Å². The van der Waals surface area contributed by atoms with E-state index in [0.29, 0.717) is 24.1 Å². The van der Waals surface area contributed by atoms with E-state index in [0.717, 1.165) is 16.3 Å². The van der Waals surface area contributed by atoms with Crippen LogP contribution in [0.5, 0.6) is 5.75 Å². The Morgan fingerprint density at radius 1 is 1.03 bits per heavy atom. The zero-order valence-electron chi connectivity index (χ0n) is 15.7. The minimum Gasteiger partial charge on any atom is -0.483 e. The third kappa shape index (κ3) is 3.69. The molecule has 0 radical (unpaired) electrons. The second-order valence-electron chi connectivity index (χ2n) is 6.79. The number of fused-ring (bicyclic) bond motifs is 2. The van der Waals surface area contributed by atoms with E-state index in [1.54, 1.807) is 0 Å². The molecule has 1 heterocycles. The normalized spacial score (nSPS) is 15.0. The van der Waals surface area contributed by atoms with Gasteiger partial charge in [-0.1, -0.05) is 54.6 Å². The Labute approximate surface area is 168 Å². The van der Waals surface area contributed by atoms with Crippen molar-refractivity contribution in [3.63, 3.8) is 0 Å². The van der Waals surface area contributed by atoms with Gasteiger partial charge in [0.15, 0.2) is 6.61 Å². The summed E-state index contributed by atoms with van der Waals surface area (Å²) in [5.74, 6) is -0.0492. The lowest BCUT2D eigenvalue weighted by atomic mass is 10.1. The van der Waals surface area contributed by atoms with E-state index in [4.69, 9.17) is 4.74 Å². The summed E-state index contributed by atoms with van der Waals surface area (Å²) in [7, 11) is 0. The average Bonchev–Trinajstić information content (AvgIpc) is 3.15. The van der Waals surface area contributed by atoms with Gasteiger partial charge in [-0.3, -0.25) is 14.5 Å². The zero-order valence-corrected chi connectivity index (χ0v) is 15.7. The molecule has 146 valence electrons. The molecule has 0 spiro atoms. The molecule has 0 aliphatic carbocycles. The first-order valence-electron chi connectivity index (χ1n) is 9.41. The van der Waals surface area contributed by atoms with Gasteiger partial charge in [0.05, 0.1) is 6.54 Å². The highest BCUT2D eigenvalue weighted by Gasteiger charge is 2.38. The smallest absolute Gasteiger partial charge is 0.265 e. The molecule has 1 aliphatic heterocycles. The van der Waals surface area contributed by atoms with Crippen molar-refractivity contribution >= 4 is 34.6 Å². The summed E-state index contributed by atoms with van der Waals surface area (Å²) in [5, 5.41) is 4.49. The average molecular weight is 388 g/mol. The predicted octanol–water partition coefficient (Wildman–Crippen LogP) is 2.49. The summed E-state index contributed by atoms with van der Waals surface area (Å²) < 4.78 is 5.84. The van der Waals surface area contributed by atoms with E-state index in [1.807, 2.05) is 66.7 Å². The number of carbonyl (C=O) groups excluding carboxylic acids is 3. The van der Waals surface area contributed by atoms with Crippen LogP contribution in [0.15, 0.2) is 66.7 Å². The van der Waals surface area contributed by atoms with Crippen LogP contribution in [0.25, 0.3) is 10.8 Å². The Morgan fingerprint density at radius 3 is 2.66 bits per heavy atom. The summed E-state index contributed by atoms with van der Waals surface area (Å²) in [5.41, 5.74) is 1.61. The highest BCUT2D eigenvalue weighted by Crippen LogP contribution is 2.32. The molecule has 3 aromatic carbocycles. The largest absolute Gasteiger partial charge is 0.483 e. The molecule has 0 bridgehead atoms. The van der Waals surface area contributed by atoms with Crippen LogP contribution in [-0.4, -0.2) is 37.3 Å². The third-order valence-corrected chi connectivity index (χ3v) is 5.01. The molecule has 0 unspecified atom stereocenters. The molecular weight excluding hydrogens is 368 g/mol. The van der Waals surface area contributed by atoms with Crippen LogP contribution in [0.4, 0.5) is 5.69 Å². The maximum Gasteiger partial charge on any atom is 0.265 e. The lowest BCUT2D eigenvalue weighted by Crippen LogP contribution is -2.49. The molecule has 1 aliphatic rings. The molecule has 0 aromatic heterocycles. The first kappa shape index (κ1) is 18.7. The van der Waals surface area contributed by atoms with Crippen molar-refractivity contribution in [1.82, 2.24) is 5.32 Å². The van der Waals surface area contributed by atoms with E-state index in [2.05, 4.69) is 5.32 Å². The molecule has 0 saturated carbocycles. The van der Waals surface area contributed by atoms with Gasteiger partial charge in [0, 0.05) is 17.5 Å². The van der Waals surface area contributed by atoms with Crippen molar-refractivity contribution in [3.8, 4) is 5.75 Å². The predicted molar refractivity (Wildman–Crippen MR) is 110 cm³/mol. The number of nitrogens with zero attached hydrogens (tertiary/aromatic N) is 1. The van der Waals surface area contributed by atoms with Crippen LogP contribution < -0.4 is 15.0 Å². The van der Waals surface area contributed by atoms with Crippen molar-refractivity contribution in [2.75, 3.05) is 18.1 Å². The fraction of sp³-hybridized carbons (Fsp3) is 0.174. The van der Waals surface area contributed by atoms with Gasteiger partial charge < -0.3 is 14.8 Å². The Hall–Kier alpha value is -3.67. The molecule has 0 fully saturated rings. The SMILES string of the molecule is O=CCNC(=O)[C@@H]1Cc2ccccc2N1C(=O)COc1cccc2ccccc12. The van der Waals surface area contributed by atoms with Crippen molar-refractivity contribution < 1.29 is 19.1 Å². The topological polar surface area (TPSA) is 75.7 Å². The van der Waals surface area contributed by atoms with Crippen LogP contribution in [-0.2, 0) is 20.8 Å². The zero-order chi connectivity index (χ0) is 20.2. The Morgan fingerprint density at radius 2 is 1.79 bits per heavy atom. The Balaban J connectivity index is 1.56. The fourth-order valence-electron chi connectivity index (χ4n) is 3.69. The molecule has 2 amide bonds. The van der Waals surface area contributed by atoms with Crippen LogP contribution in [0, 0.1) is 0 Å². The molecule has 29 heavy (non-hydrogen) atoms. The minimum absolute atomic E-state index is 0.0831. The van der Waals surface area contributed by atoms with E-state index in [1.165, 1.54) is 4.90 Å². The number of aldehydes is 1. The number of ether oxygens (including phenoxy) is 1. The van der Waals surface area contributed by atoms with Crippen LogP contribution >= 0.6 is 0 Å². The molecule has 1 N–H and O–H groups in total. The number of amides is 2. The standard InChI is InChI=1S/C23H20N2O4/c26-13-12-24-23(28)20-14-17-7-2-4-10-19(17)25(20)22(27)15-29-21-11-5-8-16-6-1-3-9-18(16)21/h1-11,13,20H,12,14-15H2,(H,24,28)/t20-/m0/s1. The molecule has 6 nitrogen and oxygen atoms in total. The summed E-state index contributed by atoms with van der Waals surface area (Å²) in [4.78, 5) is 37.7. The van der Waals surface area contributed by atoms with Crippen LogP contribution in [0.2, 0.25) is 0 Å². The van der Waals surface area contributed by atoms with Gasteiger partial charge in [-0.2, -0.15) is 0 Å². The van der Waals surface area contributed by atoms with E-state index in [-0.39, 0.29) is 25.0 Å². The molecular formula is C23H20N2O4. The highest BCUT2D eigenvalue weighted by molar-refractivity contribution is 6.04. The monoisotopic (exact) mass is 388 g/mol. The van der Waals surface area contributed by atoms with Gasteiger partial charge in [-0.25, -0.2) is 0 Å². The maximum absolute atomic E-state index is 13.1. The maximum atomic E-state index is 13.1. The van der Waals surface area contributed by atoms with Crippen molar-refractivity contribution in [2.45, 2.75) is 12.5 Å². The summed E-state index contributed by atoms with van der Waals surface area (Å²) in [6, 6.07) is 20.2. The number of hydrogen-bond acceptors (Lipinski definition) is 4. The number of hydrogen-bond donors (Lipinski definition) is 1. The first-order chi connectivity index (χ1) is 14.2. The number of rotatable bonds is 6. The van der Waals surface area contributed by atoms with E-state index < -0.39 is 6.04 Å². The van der Waals surface area contributed by atoms with Gasteiger partial charge in [0.25, 0.3) is 5.91 Å². The second kappa shape index (κ2) is 8.14. The Kier molecular flexibility index (Phi) is 5.24. The van der Waals surface area contributed by atoms with Gasteiger partial charge >= 0.3 is 0 Å². The summed E-state index contributed by atoms with van der Waals surface area (Å²) >= 11 is 0. The molecule has 6 heteroatoms. The van der Waals surface area contributed by atoms with Crippen LogP contribution in [0.1, 0.15) is 5.56 Å². The van der Waals surface area contributed by atoms with Gasteiger partial charge in [-0.15, -0.1) is 0 Å². The molecule has 4 rings (SSSR count). The highest BCUT2D eigenvalue weighted by atomic mass is 16.5. The van der Waals surface area contributed by atoms with E-state index >= 15 is 0 Å². The van der Waals surface area contributed by atoms with Crippen LogP contribution in [0.3, 0.4) is 0 Å². The number of para-hydroxylation sites is 1. The van der Waals surface area contributed by atoms with Gasteiger partial charge in [0.2, 0.25) is 5.91 Å². The Bertz CT molecular complexity index is 1070. The third-order valence-electron chi connectivity index (χ3n) is 5.01. The number of nitrogens with one attached hydrogen (secondary N) is 1. The molecule has 0 saturated heterocycles. The van der Waals surface area contributed by atoms with Gasteiger partial charge in [0.1, 0.15) is 18.1 Å². The van der Waals surface area contributed by atoms with Gasteiger partial charge in [-0.05, 0) is 23.1 Å². The molecule has 1 atom stereocenters. The lowest BCUT2D eigenvalue weighted by molar-refractivity contribution is -0.127. The summed E-state index contributed by atoms with van der Waals surface area (Å²) in [6.45, 7) is -0.278. The number of anilines is 1. The minimum atomic E-state index is -0.698. The summed E-state index contributed by atoms with van der Waals surface area (Å²) in [6.07, 6.45) is 1.02. The second-order valence-corrected chi connectivity index (χ2v) is 6.79. The lowest BCUT2D eigenvalue weighted by Gasteiger charge is -2.24. The number of benzene rings is 3. The number of carbonyl (C=O) groups is 3. The fourth-order valence-corrected chi connectivity index (χ4v) is 3.69. The van der Waals surface area contributed by atoms with Crippen molar-refractivity contribution in [3.05, 3.63) is 72.3 Å². The molecule has 3 aromatic rings. The van der Waals surface area contributed by atoms with Crippen molar-refractivity contribution in [1.29, 1.82) is 0 Å².